The van der Waals surface area contributed by atoms with E-state index in [1.165, 1.54) is 0 Å². The number of hydrogen-bond donors (Lipinski definition) is 0. The van der Waals surface area contributed by atoms with Crippen LogP contribution in [-0.2, 0) is 51.5 Å². The molecule has 0 aliphatic rings. The predicted octanol–water partition coefficient (Wildman–Crippen LogP) is -2.48. The van der Waals surface area contributed by atoms with Gasteiger partial charge in [0.1, 0.15) is 0 Å². The van der Waals surface area contributed by atoms with Crippen LogP contribution in [0, 0.1) is 0 Å². The van der Waals surface area contributed by atoms with E-state index in [1.54, 1.807) is 0 Å². The summed E-state index contributed by atoms with van der Waals surface area (Å²) in [6.45, 7) is 0. The molecule has 0 aliphatic heterocycles. The molecule has 0 fully saturated rings. The van der Waals surface area contributed by atoms with Gasteiger partial charge in [-0.25, -0.2) is 0 Å². The quantitative estimate of drug-likeness (QED) is 0.402. The van der Waals surface area contributed by atoms with Gasteiger partial charge in [0.2, 0.25) is 0 Å². The molecule has 6 heavy (non-hydrogen) atoms. The molecule has 3 nitrogen and oxygen atoms in total. The first kappa shape index (κ1) is 147. The third kappa shape index (κ3) is 51.3. The van der Waals surface area contributed by atoms with Crippen molar-refractivity contribution < 1.29 is 67.9 Å². The Labute approximate surface area is 67.9 Å². The molecule has 46 valence electrons. The molecule has 6 heteroatoms. The van der Waals surface area contributed by atoms with Crippen molar-refractivity contribution in [2.45, 2.75) is 0 Å². The average molecular weight is 218 g/mol. The Kier molecular flexibility index (Phi) is 2230. The van der Waals surface area contributed by atoms with Crippen molar-refractivity contribution in [3.05, 3.63) is 0 Å². The van der Waals surface area contributed by atoms with Gasteiger partial charge in [0.25, 0.3) is 0 Å². The largest absolute Gasteiger partial charge is 0.412 e. The Bertz CT molecular complexity index is 8.75. The molecule has 0 spiro atoms. The van der Waals surface area contributed by atoms with Crippen LogP contribution in [0.2, 0.25) is 0 Å². The van der Waals surface area contributed by atoms with Crippen molar-refractivity contribution in [1.29, 1.82) is 0 Å². The van der Waals surface area contributed by atoms with Crippen LogP contribution in [0.5, 0.6) is 0 Å². The molecular weight excluding hydrogens is 212 g/mol. The molecule has 0 amide bonds. The van der Waals surface area contributed by atoms with Gasteiger partial charge in [-0.15, -0.1) is 0 Å². The molecule has 0 aromatic heterocycles. The fourth-order valence-electron chi connectivity index (χ4n) is 0. The zero-order valence-corrected chi connectivity index (χ0v) is 6.10. The summed E-state index contributed by atoms with van der Waals surface area (Å²) < 4.78 is 0. The van der Waals surface area contributed by atoms with Gasteiger partial charge in [0, 0.05) is 51.5 Å². The van der Waals surface area contributed by atoms with Crippen LogP contribution in [-0.4, -0.2) is 16.4 Å². The van der Waals surface area contributed by atoms with Gasteiger partial charge in [0.15, 0.2) is 0 Å². The minimum Gasteiger partial charge on any atom is -0.412 e. The summed E-state index contributed by atoms with van der Waals surface area (Å²) in [5, 5.41) is 0. The standard InChI is InChI=1S/Cr.2Fe.3H2O/h;;;3*1H2. The van der Waals surface area contributed by atoms with Gasteiger partial charge in [0.05, 0.1) is 0 Å². The van der Waals surface area contributed by atoms with Gasteiger partial charge in [-0.1, -0.05) is 0 Å². The predicted molar refractivity (Wildman–Crippen MR) is 10.8 cm³/mol. The molecule has 0 heterocycles. The maximum atomic E-state index is 0. The number of hydrogen-bond acceptors (Lipinski definition) is 0. The molecule has 0 aromatic rings. The molecule has 0 saturated carbocycles. The molecule has 0 unspecified atom stereocenters. The molecule has 0 bridgehead atoms. The van der Waals surface area contributed by atoms with Crippen molar-refractivity contribution in [2.75, 3.05) is 0 Å². The monoisotopic (exact) mass is 218 g/mol. The summed E-state index contributed by atoms with van der Waals surface area (Å²) >= 11 is 0. The van der Waals surface area contributed by atoms with Crippen LogP contribution in [0.4, 0.5) is 0 Å². The Balaban J connectivity index is 0. The molecule has 0 atom stereocenters. The maximum Gasteiger partial charge on any atom is 0 e. The minimum atomic E-state index is 0. The fourth-order valence-corrected chi connectivity index (χ4v) is 0. The van der Waals surface area contributed by atoms with E-state index in [9.17, 15) is 0 Å². The van der Waals surface area contributed by atoms with Crippen molar-refractivity contribution in [1.82, 2.24) is 0 Å². The van der Waals surface area contributed by atoms with E-state index in [-0.39, 0.29) is 67.9 Å². The average Bonchev–Trinajstić information content (AvgIpc) is 0. The van der Waals surface area contributed by atoms with Crippen LogP contribution in [0.3, 0.4) is 0 Å². The van der Waals surface area contributed by atoms with Gasteiger partial charge < -0.3 is 16.4 Å². The summed E-state index contributed by atoms with van der Waals surface area (Å²) in [6, 6.07) is 0. The maximum absolute atomic E-state index is 0. The van der Waals surface area contributed by atoms with Crippen LogP contribution >= 0.6 is 0 Å². The molecule has 0 saturated heterocycles. The Hall–Kier alpha value is 1.45. The topological polar surface area (TPSA) is 94.5 Å². The Morgan fingerprint density at radius 3 is 0.500 bits per heavy atom. The Morgan fingerprint density at radius 2 is 0.500 bits per heavy atom. The van der Waals surface area contributed by atoms with Gasteiger partial charge in [-0.2, -0.15) is 0 Å². The first-order chi connectivity index (χ1) is 0. The van der Waals surface area contributed by atoms with Gasteiger partial charge in [-0.05, 0) is 0 Å². The fraction of sp³-hybridized carbons (Fsp3) is 0. The molecule has 0 aliphatic carbocycles. The first-order valence-electron chi connectivity index (χ1n) is 0. The van der Waals surface area contributed by atoms with Crippen molar-refractivity contribution in [3.8, 4) is 0 Å². The van der Waals surface area contributed by atoms with Crippen LogP contribution in [0.1, 0.15) is 0 Å². The summed E-state index contributed by atoms with van der Waals surface area (Å²) in [4.78, 5) is 0. The molecule has 0 aromatic carbocycles. The third-order valence-electron chi connectivity index (χ3n) is 0. The normalized spacial score (nSPS) is 0. The van der Waals surface area contributed by atoms with E-state index in [4.69, 9.17) is 0 Å². The smallest absolute Gasteiger partial charge is 0 e. The zero-order chi connectivity index (χ0) is 0. The summed E-state index contributed by atoms with van der Waals surface area (Å²) in [6.07, 6.45) is 0. The van der Waals surface area contributed by atoms with E-state index < -0.39 is 0 Å². The molecule has 0 radical (unpaired) electrons. The van der Waals surface area contributed by atoms with E-state index in [1.807, 2.05) is 0 Å². The van der Waals surface area contributed by atoms with Crippen molar-refractivity contribution >= 4 is 0 Å². The summed E-state index contributed by atoms with van der Waals surface area (Å²) in [5.74, 6) is 0. The summed E-state index contributed by atoms with van der Waals surface area (Å²) in [7, 11) is 0. The van der Waals surface area contributed by atoms with Crippen LogP contribution < -0.4 is 0 Å². The second kappa shape index (κ2) is 91.0. The second-order valence-electron chi connectivity index (χ2n) is 0. The molecular formula is H6CrFe2O3. The van der Waals surface area contributed by atoms with E-state index in [0.717, 1.165) is 0 Å². The van der Waals surface area contributed by atoms with E-state index in [0.29, 0.717) is 0 Å². The molecule has 0 rings (SSSR count). The Morgan fingerprint density at radius 1 is 0.500 bits per heavy atom. The number of rotatable bonds is 0. The van der Waals surface area contributed by atoms with E-state index in [2.05, 4.69) is 0 Å². The first-order valence-corrected chi connectivity index (χ1v) is 0. The van der Waals surface area contributed by atoms with Crippen LogP contribution in [0.15, 0.2) is 0 Å². The van der Waals surface area contributed by atoms with Gasteiger partial charge >= 0.3 is 0 Å². The second-order valence-corrected chi connectivity index (χ2v) is 0. The molecule has 6 N–H and O–H groups in total. The third-order valence-corrected chi connectivity index (χ3v) is 0. The van der Waals surface area contributed by atoms with E-state index >= 15 is 0 Å². The van der Waals surface area contributed by atoms with Crippen molar-refractivity contribution in [2.24, 2.45) is 0 Å². The van der Waals surface area contributed by atoms with Gasteiger partial charge in [-0.3, -0.25) is 0 Å². The SMILES string of the molecule is O.O.O.[Cr].[Fe].[Fe]. The van der Waals surface area contributed by atoms with Crippen molar-refractivity contribution in [3.63, 3.8) is 0 Å². The minimum absolute atomic E-state index is 0. The van der Waals surface area contributed by atoms with Crippen LogP contribution in [0.25, 0.3) is 0 Å². The zero-order valence-electron chi connectivity index (χ0n) is 2.62. The summed E-state index contributed by atoms with van der Waals surface area (Å²) in [5.41, 5.74) is 0.